The second kappa shape index (κ2) is 9.77. The Morgan fingerprint density at radius 3 is 2.70 bits per heavy atom. The van der Waals surface area contributed by atoms with Crippen LogP contribution in [0.1, 0.15) is 68.3 Å². The Hall–Kier alpha value is -3.15. The summed E-state index contributed by atoms with van der Waals surface area (Å²) in [5.41, 5.74) is 1.88. The van der Waals surface area contributed by atoms with Gasteiger partial charge < -0.3 is 19.5 Å². The highest BCUT2D eigenvalue weighted by Crippen LogP contribution is 2.46. The average molecular weight is 450 g/mol. The molecule has 6 heteroatoms. The Balaban J connectivity index is 1.51. The molecule has 6 nitrogen and oxygen atoms in total. The molecule has 1 N–H and O–H groups in total. The van der Waals surface area contributed by atoms with Crippen molar-refractivity contribution in [2.75, 3.05) is 4.90 Å². The number of benzene rings is 2. The molecule has 2 aliphatic heterocycles. The second-order valence-corrected chi connectivity index (χ2v) is 9.22. The van der Waals surface area contributed by atoms with Gasteiger partial charge in [-0.2, -0.15) is 0 Å². The van der Waals surface area contributed by atoms with E-state index in [0.717, 1.165) is 19.3 Å². The van der Waals surface area contributed by atoms with Crippen molar-refractivity contribution >= 4 is 23.2 Å². The molecule has 2 aliphatic rings. The van der Waals surface area contributed by atoms with Crippen LogP contribution < -0.4 is 9.64 Å². The summed E-state index contributed by atoms with van der Waals surface area (Å²) in [6.45, 7) is 3.48. The van der Waals surface area contributed by atoms with Crippen LogP contribution in [0.5, 0.6) is 11.5 Å². The van der Waals surface area contributed by atoms with Crippen molar-refractivity contribution < 1.29 is 24.2 Å². The molecule has 2 heterocycles. The molecule has 3 atom stereocenters. The quantitative estimate of drug-likeness (QED) is 0.591. The molecule has 0 spiro atoms. The van der Waals surface area contributed by atoms with Crippen molar-refractivity contribution in [3.63, 3.8) is 0 Å². The van der Waals surface area contributed by atoms with Gasteiger partial charge in [-0.25, -0.2) is 0 Å². The zero-order valence-electron chi connectivity index (χ0n) is 19.3. The third-order valence-corrected chi connectivity index (χ3v) is 6.70. The van der Waals surface area contributed by atoms with Crippen molar-refractivity contribution in [2.24, 2.45) is 5.92 Å². The minimum absolute atomic E-state index is 0.0127. The van der Waals surface area contributed by atoms with Crippen LogP contribution >= 0.6 is 0 Å². The highest BCUT2D eigenvalue weighted by atomic mass is 16.5. The van der Waals surface area contributed by atoms with E-state index in [2.05, 4.69) is 12.1 Å². The lowest BCUT2D eigenvalue weighted by Crippen LogP contribution is -2.46. The fourth-order valence-electron chi connectivity index (χ4n) is 5.07. The molecule has 0 radical (unpaired) electrons. The SMILES string of the molecule is CC(=O)CC[C@@H]1C(=O)c2c(O)cc(OC(C)CCCc3ccccc3)cc2N2C(=O)CC[C@@H]12. The minimum atomic E-state index is -0.470. The van der Waals surface area contributed by atoms with Gasteiger partial charge in [-0.3, -0.25) is 9.59 Å². The van der Waals surface area contributed by atoms with Crippen LogP contribution in [-0.4, -0.2) is 34.7 Å². The summed E-state index contributed by atoms with van der Waals surface area (Å²) in [6.07, 6.45) is 4.28. The number of phenols is 1. The molecule has 2 aromatic rings. The standard InChI is InChI=1S/C27H31NO5/c1-17(29)11-12-21-22-13-14-25(31)28(22)23-15-20(16-24(30)26(23)27(21)32)33-18(2)7-6-10-19-8-4-3-5-9-19/h3-5,8-9,15-16,18,21-22,30H,6-7,10-14H2,1-2H3/t18?,21-,22-/m0/s1. The van der Waals surface area contributed by atoms with Crippen LogP contribution in [0.3, 0.4) is 0 Å². The summed E-state index contributed by atoms with van der Waals surface area (Å²) < 4.78 is 6.07. The van der Waals surface area contributed by atoms with E-state index in [4.69, 9.17) is 4.74 Å². The van der Waals surface area contributed by atoms with Gasteiger partial charge in [0.2, 0.25) is 5.91 Å². The fraction of sp³-hybridized carbons (Fsp3) is 0.444. The number of Topliss-reactive ketones (excluding diaryl/α,β-unsaturated/α-hetero) is 2. The largest absolute Gasteiger partial charge is 0.507 e. The van der Waals surface area contributed by atoms with Crippen LogP contribution in [0, 0.1) is 5.92 Å². The summed E-state index contributed by atoms with van der Waals surface area (Å²) in [4.78, 5) is 39.1. The molecule has 33 heavy (non-hydrogen) atoms. The number of carbonyl (C=O) groups excluding carboxylic acids is 3. The number of ether oxygens (including phenoxy) is 1. The maximum Gasteiger partial charge on any atom is 0.227 e. The first-order chi connectivity index (χ1) is 15.8. The second-order valence-electron chi connectivity index (χ2n) is 9.22. The first-order valence-corrected chi connectivity index (χ1v) is 11.8. The van der Waals surface area contributed by atoms with Crippen LogP contribution in [0.2, 0.25) is 0 Å². The lowest BCUT2D eigenvalue weighted by atomic mass is 9.81. The maximum atomic E-state index is 13.3. The number of fused-ring (bicyclic) bond motifs is 3. The Morgan fingerprint density at radius 1 is 1.21 bits per heavy atom. The van der Waals surface area contributed by atoms with Crippen LogP contribution in [0.4, 0.5) is 5.69 Å². The number of amides is 1. The fourth-order valence-corrected chi connectivity index (χ4v) is 5.07. The van der Waals surface area contributed by atoms with E-state index in [1.54, 1.807) is 11.0 Å². The highest BCUT2D eigenvalue weighted by molar-refractivity contribution is 6.13. The van der Waals surface area contributed by atoms with E-state index in [9.17, 15) is 19.5 Å². The molecule has 0 saturated carbocycles. The Labute approximate surface area is 194 Å². The maximum absolute atomic E-state index is 13.3. The average Bonchev–Trinajstić information content (AvgIpc) is 3.15. The van der Waals surface area contributed by atoms with Gasteiger partial charge in [0.25, 0.3) is 0 Å². The number of aryl methyl sites for hydroxylation is 1. The number of aromatic hydroxyl groups is 1. The molecule has 1 unspecified atom stereocenters. The number of carbonyl (C=O) groups is 3. The molecule has 1 fully saturated rings. The molecule has 1 amide bonds. The van der Waals surface area contributed by atoms with Gasteiger partial charge in [0.15, 0.2) is 5.78 Å². The Bertz CT molecular complexity index is 1050. The summed E-state index contributed by atoms with van der Waals surface area (Å²) in [6, 6.07) is 13.2. The molecule has 0 aromatic heterocycles. The number of rotatable bonds is 9. The van der Waals surface area contributed by atoms with E-state index >= 15 is 0 Å². The summed E-state index contributed by atoms with van der Waals surface area (Å²) in [5, 5.41) is 10.7. The molecule has 174 valence electrons. The molecule has 0 bridgehead atoms. The van der Waals surface area contributed by atoms with E-state index in [-0.39, 0.29) is 47.4 Å². The predicted molar refractivity (Wildman–Crippen MR) is 126 cm³/mol. The van der Waals surface area contributed by atoms with Gasteiger partial charge in [0, 0.05) is 36.9 Å². The number of hydrogen-bond donors (Lipinski definition) is 1. The van der Waals surface area contributed by atoms with E-state index in [0.29, 0.717) is 30.7 Å². The third kappa shape index (κ3) is 4.95. The topological polar surface area (TPSA) is 83.9 Å². The molecular formula is C27H31NO5. The molecule has 0 aliphatic carbocycles. The number of phenolic OH excluding ortho intramolecular Hbond substituents is 1. The van der Waals surface area contributed by atoms with E-state index in [1.807, 2.05) is 25.1 Å². The Morgan fingerprint density at radius 2 is 1.97 bits per heavy atom. The zero-order valence-corrected chi connectivity index (χ0v) is 19.3. The molecule has 4 rings (SSSR count). The van der Waals surface area contributed by atoms with Crippen molar-refractivity contribution in [3.05, 3.63) is 53.6 Å². The number of anilines is 1. The summed E-state index contributed by atoms with van der Waals surface area (Å²) in [5.74, 6) is -0.431. The van der Waals surface area contributed by atoms with Gasteiger partial charge in [-0.05, 0) is 51.5 Å². The van der Waals surface area contributed by atoms with Crippen molar-refractivity contribution in [2.45, 2.75) is 70.9 Å². The third-order valence-electron chi connectivity index (χ3n) is 6.70. The highest BCUT2D eigenvalue weighted by Gasteiger charge is 2.47. The normalized spacial score (nSPS) is 20.4. The molecular weight excluding hydrogens is 418 g/mol. The van der Waals surface area contributed by atoms with Crippen LogP contribution in [-0.2, 0) is 16.0 Å². The van der Waals surface area contributed by atoms with Gasteiger partial charge >= 0.3 is 0 Å². The van der Waals surface area contributed by atoms with E-state index in [1.165, 1.54) is 18.6 Å². The predicted octanol–water partition coefficient (Wildman–Crippen LogP) is 4.86. The molecule has 2 aromatic carbocycles. The smallest absolute Gasteiger partial charge is 0.227 e. The van der Waals surface area contributed by atoms with E-state index < -0.39 is 5.92 Å². The first-order valence-electron chi connectivity index (χ1n) is 11.8. The summed E-state index contributed by atoms with van der Waals surface area (Å²) in [7, 11) is 0. The molecule has 1 saturated heterocycles. The van der Waals surface area contributed by atoms with Crippen LogP contribution in [0.25, 0.3) is 0 Å². The number of ketones is 2. The lowest BCUT2D eigenvalue weighted by Gasteiger charge is -2.37. The monoisotopic (exact) mass is 449 g/mol. The Kier molecular flexibility index (Phi) is 6.82. The van der Waals surface area contributed by atoms with Crippen molar-refractivity contribution in [3.8, 4) is 11.5 Å². The lowest BCUT2D eigenvalue weighted by molar-refractivity contribution is -0.117. The van der Waals surface area contributed by atoms with Gasteiger partial charge in [0.05, 0.1) is 17.4 Å². The van der Waals surface area contributed by atoms with Crippen molar-refractivity contribution in [1.82, 2.24) is 0 Å². The minimum Gasteiger partial charge on any atom is -0.507 e. The van der Waals surface area contributed by atoms with Gasteiger partial charge in [-0.15, -0.1) is 0 Å². The van der Waals surface area contributed by atoms with Crippen molar-refractivity contribution in [1.29, 1.82) is 0 Å². The zero-order chi connectivity index (χ0) is 23.5. The summed E-state index contributed by atoms with van der Waals surface area (Å²) >= 11 is 0. The number of nitrogens with zero attached hydrogens (tertiary/aromatic N) is 1. The van der Waals surface area contributed by atoms with Crippen LogP contribution in [0.15, 0.2) is 42.5 Å². The van der Waals surface area contributed by atoms with Gasteiger partial charge in [-0.1, -0.05) is 30.3 Å². The number of hydrogen-bond acceptors (Lipinski definition) is 5. The first kappa shape index (κ1) is 23.0. The van der Waals surface area contributed by atoms with Gasteiger partial charge in [0.1, 0.15) is 17.3 Å².